The molecule has 0 unspecified atom stereocenters. The van der Waals surface area contributed by atoms with Gasteiger partial charge in [-0.25, -0.2) is 4.99 Å². The highest BCUT2D eigenvalue weighted by Crippen LogP contribution is 1.99. The Balaban J connectivity index is 2.64. The second kappa shape index (κ2) is 2.51. The molecule has 1 aliphatic heterocycles. The van der Waals surface area contributed by atoms with Crippen molar-refractivity contribution in [2.75, 3.05) is 6.54 Å². The molecule has 1 heterocycles. The normalized spacial score (nSPS) is 16.9. The van der Waals surface area contributed by atoms with Crippen LogP contribution in [0.2, 0.25) is 0 Å². The summed E-state index contributed by atoms with van der Waals surface area (Å²) in [5.41, 5.74) is 0. The van der Waals surface area contributed by atoms with Crippen LogP contribution in [0.5, 0.6) is 0 Å². The van der Waals surface area contributed by atoms with Crippen molar-refractivity contribution in [3.05, 3.63) is 12.4 Å². The summed E-state index contributed by atoms with van der Waals surface area (Å²) in [6.45, 7) is 0.397. The average molecular weight is 142 g/mol. The maximum Gasteiger partial charge on any atom is 0.184 e. The molecule has 0 atom stereocenters. The Morgan fingerprint density at radius 2 is 2.67 bits per heavy atom. The first-order chi connectivity index (χ1) is 4.33. The van der Waals surface area contributed by atoms with Gasteiger partial charge < -0.3 is 0 Å². The van der Waals surface area contributed by atoms with Gasteiger partial charge in [0.2, 0.25) is 0 Å². The van der Waals surface area contributed by atoms with Crippen LogP contribution in [-0.2, 0) is 0 Å². The number of hydrogen-bond donors (Lipinski definition) is 0. The van der Waals surface area contributed by atoms with Crippen LogP contribution >= 0.6 is 11.6 Å². The minimum atomic E-state index is 0.397. The molecule has 0 bridgehead atoms. The predicted molar refractivity (Wildman–Crippen MR) is 34.7 cm³/mol. The quantitative estimate of drug-likeness (QED) is 0.470. The monoisotopic (exact) mass is 141 g/mol. The highest BCUT2D eigenvalue weighted by atomic mass is 35.5. The standard InChI is InChI=1S/C5H4ClN3/c6-5-3-9(4-7)2-1-8-5/h1-2H,3H2. The molecule has 9 heavy (non-hydrogen) atoms. The van der Waals surface area contributed by atoms with E-state index < -0.39 is 0 Å². The highest BCUT2D eigenvalue weighted by Gasteiger charge is 2.03. The van der Waals surface area contributed by atoms with Gasteiger partial charge in [-0.3, -0.25) is 4.90 Å². The van der Waals surface area contributed by atoms with Crippen LogP contribution in [-0.4, -0.2) is 16.6 Å². The Hall–Kier alpha value is -1.01. The first kappa shape index (κ1) is 6.12. The Morgan fingerprint density at radius 3 is 3.11 bits per heavy atom. The van der Waals surface area contributed by atoms with Gasteiger partial charge in [0.05, 0.1) is 6.54 Å². The summed E-state index contributed by atoms with van der Waals surface area (Å²) in [6, 6.07) is 0. The zero-order valence-corrected chi connectivity index (χ0v) is 5.34. The third kappa shape index (κ3) is 1.44. The molecule has 0 saturated heterocycles. The zero-order chi connectivity index (χ0) is 6.69. The van der Waals surface area contributed by atoms with Gasteiger partial charge >= 0.3 is 0 Å². The summed E-state index contributed by atoms with van der Waals surface area (Å²) >= 11 is 5.50. The van der Waals surface area contributed by atoms with E-state index in [9.17, 15) is 0 Å². The van der Waals surface area contributed by atoms with Gasteiger partial charge in [0.1, 0.15) is 5.17 Å². The fraction of sp³-hybridized carbons (Fsp3) is 0.200. The molecule has 1 rings (SSSR count). The number of aliphatic imine (C=N–C) groups is 1. The molecule has 0 radical (unpaired) electrons. The first-order valence-electron chi connectivity index (χ1n) is 2.38. The lowest BCUT2D eigenvalue weighted by Gasteiger charge is -2.10. The van der Waals surface area contributed by atoms with Crippen LogP contribution < -0.4 is 0 Å². The molecular formula is C5H4ClN3. The molecule has 0 aromatic rings. The zero-order valence-electron chi connectivity index (χ0n) is 4.58. The molecule has 0 spiro atoms. The first-order valence-corrected chi connectivity index (χ1v) is 2.76. The maximum absolute atomic E-state index is 8.32. The summed E-state index contributed by atoms with van der Waals surface area (Å²) in [5, 5.41) is 8.76. The average Bonchev–Trinajstić information content (AvgIpc) is 1.88. The van der Waals surface area contributed by atoms with Crippen LogP contribution in [0.15, 0.2) is 17.4 Å². The fourth-order valence-electron chi connectivity index (χ4n) is 0.497. The van der Waals surface area contributed by atoms with E-state index in [4.69, 9.17) is 16.9 Å². The van der Waals surface area contributed by atoms with Crippen molar-refractivity contribution in [3.63, 3.8) is 0 Å². The smallest absolute Gasteiger partial charge is 0.184 e. The number of halogens is 1. The number of nitriles is 1. The third-order valence-electron chi connectivity index (χ3n) is 0.890. The van der Waals surface area contributed by atoms with E-state index in [2.05, 4.69) is 4.99 Å². The molecule has 3 nitrogen and oxygen atoms in total. The van der Waals surface area contributed by atoms with Gasteiger partial charge in [0.25, 0.3) is 0 Å². The molecule has 1 aliphatic rings. The molecule has 0 N–H and O–H groups in total. The van der Waals surface area contributed by atoms with Crippen molar-refractivity contribution in [1.29, 1.82) is 5.26 Å². The Bertz CT molecular complexity index is 201. The van der Waals surface area contributed by atoms with Crippen molar-refractivity contribution in [3.8, 4) is 6.19 Å². The fourth-order valence-corrected chi connectivity index (χ4v) is 0.683. The molecule has 0 saturated carbocycles. The molecule has 0 aromatic carbocycles. The minimum Gasteiger partial charge on any atom is -0.278 e. The Morgan fingerprint density at radius 1 is 1.89 bits per heavy atom. The SMILES string of the molecule is N#CN1C=CN=C(Cl)C1. The summed E-state index contributed by atoms with van der Waals surface area (Å²) in [4.78, 5) is 5.13. The van der Waals surface area contributed by atoms with E-state index in [0.717, 1.165) is 0 Å². The second-order valence-corrected chi connectivity index (χ2v) is 1.97. The minimum absolute atomic E-state index is 0.397. The van der Waals surface area contributed by atoms with Gasteiger partial charge in [0, 0.05) is 12.4 Å². The number of nitrogens with zero attached hydrogens (tertiary/aromatic N) is 3. The van der Waals surface area contributed by atoms with E-state index in [-0.39, 0.29) is 0 Å². The van der Waals surface area contributed by atoms with E-state index in [1.54, 1.807) is 6.20 Å². The molecule has 0 fully saturated rings. The van der Waals surface area contributed by atoms with Crippen LogP contribution in [0.1, 0.15) is 0 Å². The van der Waals surface area contributed by atoms with Gasteiger partial charge in [-0.05, 0) is 0 Å². The third-order valence-corrected chi connectivity index (χ3v) is 1.11. The van der Waals surface area contributed by atoms with Crippen LogP contribution in [0.3, 0.4) is 0 Å². The lowest BCUT2D eigenvalue weighted by Crippen LogP contribution is -2.19. The number of rotatable bonds is 0. The van der Waals surface area contributed by atoms with Crippen LogP contribution in [0.4, 0.5) is 0 Å². The van der Waals surface area contributed by atoms with Crippen molar-refractivity contribution < 1.29 is 0 Å². The second-order valence-electron chi connectivity index (χ2n) is 1.53. The largest absolute Gasteiger partial charge is 0.278 e. The van der Waals surface area contributed by atoms with E-state index in [0.29, 0.717) is 11.7 Å². The summed E-state index contributed by atoms with van der Waals surface area (Å²) < 4.78 is 0. The highest BCUT2D eigenvalue weighted by molar-refractivity contribution is 6.66. The van der Waals surface area contributed by atoms with E-state index >= 15 is 0 Å². The molecular weight excluding hydrogens is 138 g/mol. The van der Waals surface area contributed by atoms with Gasteiger partial charge in [-0.15, -0.1) is 0 Å². The molecule has 0 amide bonds. The molecule has 4 heteroatoms. The van der Waals surface area contributed by atoms with Crippen molar-refractivity contribution in [1.82, 2.24) is 4.90 Å². The van der Waals surface area contributed by atoms with Crippen molar-refractivity contribution in [2.24, 2.45) is 4.99 Å². The van der Waals surface area contributed by atoms with Crippen molar-refractivity contribution in [2.45, 2.75) is 0 Å². The summed E-state index contributed by atoms with van der Waals surface area (Å²) in [7, 11) is 0. The van der Waals surface area contributed by atoms with Gasteiger partial charge in [-0.2, -0.15) is 5.26 Å². The van der Waals surface area contributed by atoms with Crippen molar-refractivity contribution >= 4 is 16.8 Å². The Labute approximate surface area is 57.9 Å². The lowest BCUT2D eigenvalue weighted by molar-refractivity contribution is 0.598. The summed E-state index contributed by atoms with van der Waals surface area (Å²) in [5.74, 6) is 0. The molecule has 46 valence electrons. The number of hydrogen-bond acceptors (Lipinski definition) is 3. The summed E-state index contributed by atoms with van der Waals surface area (Å²) in [6.07, 6.45) is 4.99. The predicted octanol–water partition coefficient (Wildman–Crippen LogP) is 0.892. The van der Waals surface area contributed by atoms with Gasteiger partial charge in [0.15, 0.2) is 6.19 Å². The van der Waals surface area contributed by atoms with Crippen LogP contribution in [0, 0.1) is 11.5 Å². The maximum atomic E-state index is 8.32. The Kier molecular flexibility index (Phi) is 1.71. The van der Waals surface area contributed by atoms with E-state index in [1.807, 2.05) is 6.19 Å². The lowest BCUT2D eigenvalue weighted by atomic mass is 10.5. The van der Waals surface area contributed by atoms with Crippen LogP contribution in [0.25, 0.3) is 0 Å². The molecule has 0 aromatic heterocycles. The molecule has 0 aliphatic carbocycles. The van der Waals surface area contributed by atoms with E-state index in [1.165, 1.54) is 11.1 Å². The van der Waals surface area contributed by atoms with Gasteiger partial charge in [-0.1, -0.05) is 11.6 Å². The topological polar surface area (TPSA) is 39.4 Å².